The average molecular weight is 450 g/mol. The molecule has 3 aromatic rings. The van der Waals surface area contributed by atoms with Crippen LogP contribution in [-0.2, 0) is 11.3 Å². The minimum Gasteiger partial charge on any atom is -0.481 e. The standard InChI is InChI=1S/C19H24ClN7O2S/c1-12(17-21-10-14(20)11-22-17)13(2)30-26-19-25-24-18(27(19)8-9-28-3)15-6-5-7-16(23-15)29-4/h5-7,10-13H,8-9H2,1-4H3,(H,25,26). The van der Waals surface area contributed by atoms with Gasteiger partial charge < -0.3 is 9.47 Å². The molecule has 3 heterocycles. The van der Waals surface area contributed by atoms with Crippen LogP contribution >= 0.6 is 23.5 Å². The summed E-state index contributed by atoms with van der Waals surface area (Å²) in [5, 5.41) is 9.33. The maximum Gasteiger partial charge on any atom is 0.235 e. The summed E-state index contributed by atoms with van der Waals surface area (Å²) in [5.41, 5.74) is 0.673. The Morgan fingerprint density at radius 1 is 1.17 bits per heavy atom. The van der Waals surface area contributed by atoms with E-state index in [1.54, 1.807) is 32.7 Å². The van der Waals surface area contributed by atoms with Crippen molar-refractivity contribution >= 4 is 29.5 Å². The molecule has 2 atom stereocenters. The first-order valence-electron chi connectivity index (χ1n) is 9.36. The molecular weight excluding hydrogens is 426 g/mol. The van der Waals surface area contributed by atoms with Crippen LogP contribution in [0.2, 0.25) is 5.02 Å². The summed E-state index contributed by atoms with van der Waals surface area (Å²) in [6.45, 7) is 5.26. The Balaban J connectivity index is 1.76. The van der Waals surface area contributed by atoms with Gasteiger partial charge in [0.15, 0.2) is 5.82 Å². The molecule has 3 rings (SSSR count). The maximum absolute atomic E-state index is 5.88. The van der Waals surface area contributed by atoms with Crippen LogP contribution < -0.4 is 9.46 Å². The first-order valence-corrected chi connectivity index (χ1v) is 10.6. The van der Waals surface area contributed by atoms with Crippen LogP contribution in [0.15, 0.2) is 30.6 Å². The minimum absolute atomic E-state index is 0.106. The number of pyridine rings is 1. The lowest BCUT2D eigenvalue weighted by molar-refractivity contribution is 0.188. The third-order valence-corrected chi connectivity index (χ3v) is 5.80. The van der Waals surface area contributed by atoms with E-state index in [0.29, 0.717) is 41.5 Å². The molecule has 9 nitrogen and oxygen atoms in total. The number of nitrogens with one attached hydrogen (secondary N) is 1. The van der Waals surface area contributed by atoms with Gasteiger partial charge in [0.05, 0.1) is 25.3 Å². The third-order valence-electron chi connectivity index (χ3n) is 4.52. The molecule has 3 aromatic heterocycles. The van der Waals surface area contributed by atoms with Gasteiger partial charge in [-0.2, -0.15) is 0 Å². The molecule has 0 bridgehead atoms. The molecule has 0 saturated carbocycles. The summed E-state index contributed by atoms with van der Waals surface area (Å²) >= 11 is 7.41. The van der Waals surface area contributed by atoms with Gasteiger partial charge in [0, 0.05) is 36.7 Å². The normalized spacial score (nSPS) is 13.1. The Morgan fingerprint density at radius 2 is 1.93 bits per heavy atom. The van der Waals surface area contributed by atoms with Gasteiger partial charge in [0.1, 0.15) is 11.5 Å². The van der Waals surface area contributed by atoms with E-state index in [4.69, 9.17) is 21.1 Å². The number of methoxy groups -OCH3 is 2. The molecule has 11 heteroatoms. The van der Waals surface area contributed by atoms with Crippen molar-refractivity contribution in [3.63, 3.8) is 0 Å². The largest absolute Gasteiger partial charge is 0.481 e. The highest BCUT2D eigenvalue weighted by Crippen LogP contribution is 2.28. The summed E-state index contributed by atoms with van der Waals surface area (Å²) in [7, 11) is 3.24. The van der Waals surface area contributed by atoms with E-state index in [-0.39, 0.29) is 11.2 Å². The third kappa shape index (κ3) is 5.38. The summed E-state index contributed by atoms with van der Waals surface area (Å²) in [5.74, 6) is 2.62. The zero-order valence-electron chi connectivity index (χ0n) is 17.2. The Kier molecular flexibility index (Phi) is 7.83. The van der Waals surface area contributed by atoms with Crippen LogP contribution in [0.3, 0.4) is 0 Å². The molecule has 30 heavy (non-hydrogen) atoms. The lowest BCUT2D eigenvalue weighted by atomic mass is 10.1. The summed E-state index contributed by atoms with van der Waals surface area (Å²) in [6, 6.07) is 5.53. The highest BCUT2D eigenvalue weighted by Gasteiger charge is 2.20. The number of hydrogen-bond donors (Lipinski definition) is 1. The first kappa shape index (κ1) is 22.3. The zero-order chi connectivity index (χ0) is 21.5. The molecular formula is C19H24ClN7O2S. The van der Waals surface area contributed by atoms with Crippen molar-refractivity contribution < 1.29 is 9.47 Å². The van der Waals surface area contributed by atoms with Gasteiger partial charge in [-0.1, -0.05) is 31.5 Å². The smallest absolute Gasteiger partial charge is 0.235 e. The van der Waals surface area contributed by atoms with Gasteiger partial charge in [0.25, 0.3) is 0 Å². The second-order valence-corrected chi connectivity index (χ2v) is 8.15. The van der Waals surface area contributed by atoms with E-state index in [0.717, 1.165) is 5.82 Å². The van der Waals surface area contributed by atoms with Crippen LogP contribution in [0.1, 0.15) is 25.6 Å². The summed E-state index contributed by atoms with van der Waals surface area (Å²) < 4.78 is 15.7. The molecule has 0 fully saturated rings. The van der Waals surface area contributed by atoms with Crippen molar-refractivity contribution in [2.75, 3.05) is 25.5 Å². The van der Waals surface area contributed by atoms with Crippen molar-refractivity contribution in [2.24, 2.45) is 0 Å². The van der Waals surface area contributed by atoms with E-state index in [9.17, 15) is 0 Å². The number of aromatic nitrogens is 6. The number of anilines is 1. The fourth-order valence-electron chi connectivity index (χ4n) is 2.63. The second-order valence-electron chi connectivity index (χ2n) is 6.53. The van der Waals surface area contributed by atoms with Crippen molar-refractivity contribution in [3.8, 4) is 17.4 Å². The van der Waals surface area contributed by atoms with E-state index in [1.807, 2.05) is 16.7 Å². The molecule has 0 aromatic carbocycles. The number of rotatable bonds is 10. The van der Waals surface area contributed by atoms with Crippen LogP contribution in [0.5, 0.6) is 5.88 Å². The van der Waals surface area contributed by atoms with Crippen molar-refractivity contribution in [1.29, 1.82) is 0 Å². The SMILES string of the molecule is COCCn1c(NSC(C)C(C)c2ncc(Cl)cn2)nnc1-c1cccc(OC)n1. The summed E-state index contributed by atoms with van der Waals surface area (Å²) in [4.78, 5) is 13.1. The molecule has 0 saturated heterocycles. The van der Waals surface area contributed by atoms with Gasteiger partial charge in [-0.25, -0.2) is 15.0 Å². The zero-order valence-corrected chi connectivity index (χ0v) is 18.8. The Labute approximate surface area is 184 Å². The molecule has 0 radical (unpaired) electrons. The van der Waals surface area contributed by atoms with Gasteiger partial charge in [0.2, 0.25) is 11.8 Å². The highest BCUT2D eigenvalue weighted by atomic mass is 35.5. The number of hydrogen-bond acceptors (Lipinski definition) is 9. The van der Waals surface area contributed by atoms with E-state index in [1.165, 1.54) is 11.9 Å². The monoisotopic (exact) mass is 449 g/mol. The molecule has 0 aliphatic carbocycles. The van der Waals surface area contributed by atoms with E-state index >= 15 is 0 Å². The van der Waals surface area contributed by atoms with Crippen LogP contribution in [0.4, 0.5) is 5.95 Å². The predicted octanol–water partition coefficient (Wildman–Crippen LogP) is 3.69. The average Bonchev–Trinajstić information content (AvgIpc) is 3.18. The maximum atomic E-state index is 5.88. The van der Waals surface area contributed by atoms with Gasteiger partial charge in [-0.3, -0.25) is 9.29 Å². The topological polar surface area (TPSA) is 99.9 Å². The highest BCUT2D eigenvalue weighted by molar-refractivity contribution is 8.01. The molecule has 0 spiro atoms. The number of halogens is 1. The predicted molar refractivity (Wildman–Crippen MR) is 118 cm³/mol. The second kappa shape index (κ2) is 10.6. The van der Waals surface area contributed by atoms with Crippen molar-refractivity contribution in [2.45, 2.75) is 31.6 Å². The van der Waals surface area contributed by atoms with Crippen LogP contribution in [0, 0.1) is 0 Å². The van der Waals surface area contributed by atoms with Crippen molar-refractivity contribution in [3.05, 3.63) is 41.4 Å². The first-order chi connectivity index (χ1) is 14.5. The lowest BCUT2D eigenvalue weighted by Crippen LogP contribution is -2.15. The van der Waals surface area contributed by atoms with Crippen LogP contribution in [-0.4, -0.2) is 55.8 Å². The number of nitrogens with zero attached hydrogens (tertiary/aromatic N) is 6. The molecule has 1 N–H and O–H groups in total. The van der Waals surface area contributed by atoms with Gasteiger partial charge in [-0.15, -0.1) is 10.2 Å². The lowest BCUT2D eigenvalue weighted by Gasteiger charge is -2.19. The number of ether oxygens (including phenoxy) is 2. The molecule has 160 valence electrons. The van der Waals surface area contributed by atoms with Gasteiger partial charge in [-0.05, 0) is 18.0 Å². The van der Waals surface area contributed by atoms with E-state index in [2.05, 4.69) is 43.7 Å². The molecule has 2 unspecified atom stereocenters. The Bertz CT molecular complexity index is 954. The van der Waals surface area contributed by atoms with E-state index < -0.39 is 0 Å². The molecule has 0 aliphatic heterocycles. The Morgan fingerprint density at radius 3 is 2.63 bits per heavy atom. The summed E-state index contributed by atoms with van der Waals surface area (Å²) in [6.07, 6.45) is 3.22. The molecule has 0 aliphatic rings. The van der Waals surface area contributed by atoms with Crippen molar-refractivity contribution in [1.82, 2.24) is 29.7 Å². The van der Waals surface area contributed by atoms with Crippen LogP contribution in [0.25, 0.3) is 11.5 Å². The molecule has 0 amide bonds. The van der Waals surface area contributed by atoms with Gasteiger partial charge >= 0.3 is 0 Å². The minimum atomic E-state index is 0.106. The fraction of sp³-hybridized carbons (Fsp3) is 0.421. The quantitative estimate of drug-likeness (QED) is 0.464. The Hall–Kier alpha value is -2.43. The fourth-order valence-corrected chi connectivity index (χ4v) is 3.50.